The van der Waals surface area contributed by atoms with E-state index in [-0.39, 0.29) is 78.2 Å². The molecule has 1 spiro atoms. The highest BCUT2D eigenvalue weighted by molar-refractivity contribution is 6.10. The van der Waals surface area contributed by atoms with Crippen LogP contribution in [0.2, 0.25) is 0 Å². The first kappa shape index (κ1) is 59.2. The molecule has 0 bridgehead atoms. The maximum absolute atomic E-state index is 16.0. The number of aromatic nitrogens is 3. The van der Waals surface area contributed by atoms with Crippen molar-refractivity contribution < 1.29 is 43.1 Å². The number of nitrogens with one attached hydrogen (secondary N) is 4. The van der Waals surface area contributed by atoms with Gasteiger partial charge in [-0.1, -0.05) is 30.7 Å². The Balaban J connectivity index is 0.676. The van der Waals surface area contributed by atoms with E-state index in [0.717, 1.165) is 68.4 Å². The van der Waals surface area contributed by atoms with Crippen molar-refractivity contribution in [2.75, 3.05) is 54.8 Å². The maximum atomic E-state index is 16.0. The average Bonchev–Trinajstić information content (AvgIpc) is 1.66. The zero-order valence-corrected chi connectivity index (χ0v) is 51.1. The van der Waals surface area contributed by atoms with Crippen molar-refractivity contribution in [2.45, 2.75) is 179 Å². The Morgan fingerprint density at radius 2 is 1.60 bits per heavy atom. The van der Waals surface area contributed by atoms with Crippen molar-refractivity contribution in [3.05, 3.63) is 94.6 Å². The van der Waals surface area contributed by atoms with Gasteiger partial charge >= 0.3 is 0 Å². The maximum Gasteiger partial charge on any atom is 0.259 e. The van der Waals surface area contributed by atoms with E-state index in [0.29, 0.717) is 108 Å². The second-order valence-electron chi connectivity index (χ2n) is 26.8. The lowest BCUT2D eigenvalue weighted by Gasteiger charge is -2.48. The van der Waals surface area contributed by atoms with Gasteiger partial charge in [0.05, 0.1) is 40.1 Å². The van der Waals surface area contributed by atoms with E-state index in [4.69, 9.17) is 9.97 Å². The van der Waals surface area contributed by atoms with Gasteiger partial charge in [-0.05, 0) is 172 Å². The fourth-order valence-electron chi connectivity index (χ4n) is 15.6. The van der Waals surface area contributed by atoms with E-state index >= 15 is 9.18 Å². The molecule has 13 rings (SSSR count). The predicted molar refractivity (Wildman–Crippen MR) is 330 cm³/mol. The van der Waals surface area contributed by atoms with Crippen molar-refractivity contribution in [2.24, 2.45) is 11.8 Å². The second-order valence-corrected chi connectivity index (χ2v) is 26.8. The van der Waals surface area contributed by atoms with Crippen LogP contribution in [0.5, 0.6) is 0 Å². The summed E-state index contributed by atoms with van der Waals surface area (Å²) in [6.07, 6.45) is 11.2. The predicted octanol–water partition coefficient (Wildman–Crippen LogP) is 8.39. The van der Waals surface area contributed by atoms with E-state index in [1.54, 1.807) is 25.4 Å². The largest absolute Gasteiger partial charge is 0.382 e. The number of carbonyl (C=O) groups excluding carboxylic acids is 7. The number of aliphatic hydroxyl groups is 1. The molecule has 4 saturated heterocycles. The Kier molecular flexibility index (Phi) is 15.9. The Morgan fingerprint density at radius 1 is 0.841 bits per heavy atom. The number of imidazole rings is 1. The lowest BCUT2D eigenvalue weighted by atomic mass is 9.73. The number of imide groups is 1. The third-order valence-electron chi connectivity index (χ3n) is 20.5. The van der Waals surface area contributed by atoms with Gasteiger partial charge in [0, 0.05) is 97.3 Å². The van der Waals surface area contributed by atoms with Crippen LogP contribution >= 0.6 is 0 Å². The number of rotatable bonds is 14. The summed E-state index contributed by atoms with van der Waals surface area (Å²) in [6.45, 7) is 13.4. The first-order valence-corrected chi connectivity index (χ1v) is 32.1. The number of pyridine rings is 1. The first-order chi connectivity index (χ1) is 42.3. The van der Waals surface area contributed by atoms with Crippen LogP contribution in [0.4, 0.5) is 27.3 Å². The molecule has 0 radical (unpaired) electrons. The van der Waals surface area contributed by atoms with Crippen LogP contribution in [0.15, 0.2) is 60.9 Å². The Bertz CT molecular complexity index is 3630. The SMILES string of the molecule is Cc1cc(F)c(Nc2nc(-c3ccc4c(c3)N([C@H]3C[C@@H](N5CCCCC5)C3)C(=O)C43CCN(C(=O)[C@@H]4CCN(C(=O)C[C@H]5CC[C@H](Nc6cccc7c6C(=O)N(C6CCC(=O)NC6=O)C7O)CC5)C4)CC3)cc3ncn(C(C)C)c23)cc1C(=O)NC(C)C. The summed E-state index contributed by atoms with van der Waals surface area (Å²) in [5.41, 5.74) is 6.02. The number of benzene rings is 3. The quantitative estimate of drug-likeness (QED) is 0.0658. The number of aliphatic hydroxyl groups excluding tert-OH is 1. The van der Waals surface area contributed by atoms with E-state index in [1.165, 1.54) is 36.3 Å². The van der Waals surface area contributed by atoms with Gasteiger partial charge in [0.15, 0.2) is 12.0 Å². The summed E-state index contributed by atoms with van der Waals surface area (Å²) < 4.78 is 18.0. The molecule has 2 saturated carbocycles. The highest BCUT2D eigenvalue weighted by Crippen LogP contribution is 2.53. The summed E-state index contributed by atoms with van der Waals surface area (Å²) in [5.74, 6) is -1.87. The van der Waals surface area contributed by atoms with E-state index in [9.17, 15) is 33.9 Å². The molecule has 7 amide bonds. The van der Waals surface area contributed by atoms with Crippen LogP contribution in [-0.2, 0) is 29.4 Å². The zero-order valence-electron chi connectivity index (χ0n) is 51.1. The Morgan fingerprint density at radius 3 is 2.33 bits per heavy atom. The molecule has 8 heterocycles. The molecule has 5 aromatic rings. The van der Waals surface area contributed by atoms with Crippen LogP contribution < -0.4 is 26.2 Å². The highest BCUT2D eigenvalue weighted by atomic mass is 19.1. The van der Waals surface area contributed by atoms with Gasteiger partial charge in [-0.2, -0.15) is 0 Å². The lowest BCUT2D eigenvalue weighted by Crippen LogP contribution is -2.58. The number of anilines is 4. The fraction of sp³-hybridized carbons (Fsp3) is 0.537. The molecular formula is C67H81FN12O8. The molecule has 464 valence electrons. The second kappa shape index (κ2) is 23.6. The minimum absolute atomic E-state index is 0.00134. The smallest absolute Gasteiger partial charge is 0.259 e. The van der Waals surface area contributed by atoms with Crippen LogP contribution in [0.3, 0.4) is 0 Å². The van der Waals surface area contributed by atoms with Crippen LogP contribution in [0, 0.1) is 24.6 Å². The van der Waals surface area contributed by atoms with E-state index in [1.807, 2.05) is 60.3 Å². The standard InChI is InChI=1S/C67H81FN12O8/c1-37(2)70-61(83)47-33-52(49(68)28-39(47)5)73-60-59-53(69-36-78(59)38(3)4)34-51(72-60)41-14-17-48-55(30-41)79(45-31-44(32-45)75-23-7-6-8-24-75)66(88)67(48)21-26-76(27-22-67)63(85)42-20-25-77(35-42)57(82)29-40-12-15-43(16-13-40)71-50-11-9-10-46-58(50)65(87)80(64(46)86)54-18-19-56(81)74-62(54)84/h9-11,14,17,28,30,33-34,36-38,40,42-45,54,64,71,86H,6-8,12-13,15-16,18-27,29,31-32,35H2,1-5H3,(H,70,83)(H,72,73)(H,74,81,84)/t40-,42-,43-,44-,45+,54?,64?/m1/s1. The number of likely N-dealkylation sites (tertiary alicyclic amines) is 3. The summed E-state index contributed by atoms with van der Waals surface area (Å²) in [7, 11) is 0. The topological polar surface area (TPSA) is 235 Å². The highest BCUT2D eigenvalue weighted by Gasteiger charge is 2.56. The number of carbonyl (C=O) groups is 7. The molecule has 8 aliphatic rings. The monoisotopic (exact) mass is 1200 g/mol. The lowest BCUT2D eigenvalue weighted by molar-refractivity contribution is -0.140. The van der Waals surface area contributed by atoms with Crippen LogP contribution in [0.25, 0.3) is 22.3 Å². The van der Waals surface area contributed by atoms with Crippen molar-refractivity contribution in [1.29, 1.82) is 0 Å². The molecule has 3 atom stereocenters. The van der Waals surface area contributed by atoms with Gasteiger partial charge in [0.2, 0.25) is 29.5 Å². The summed E-state index contributed by atoms with van der Waals surface area (Å²) >= 11 is 0. The summed E-state index contributed by atoms with van der Waals surface area (Å²) in [6, 6.07) is 15.7. The zero-order chi connectivity index (χ0) is 61.4. The van der Waals surface area contributed by atoms with Gasteiger partial charge in [-0.3, -0.25) is 43.8 Å². The Hall–Kier alpha value is -7.78. The number of piperidine rings is 3. The molecule has 3 aromatic carbocycles. The third-order valence-corrected chi connectivity index (χ3v) is 20.5. The van der Waals surface area contributed by atoms with Gasteiger partial charge in [0.25, 0.3) is 11.8 Å². The summed E-state index contributed by atoms with van der Waals surface area (Å²) in [4.78, 5) is 115. The molecule has 88 heavy (non-hydrogen) atoms. The van der Waals surface area contributed by atoms with Crippen LogP contribution in [0.1, 0.15) is 174 Å². The number of aryl methyl sites for hydroxylation is 1. The molecule has 2 aliphatic carbocycles. The number of fused-ring (bicyclic) bond motifs is 4. The Labute approximate surface area is 512 Å². The van der Waals surface area contributed by atoms with Gasteiger partial charge in [-0.25, -0.2) is 14.4 Å². The van der Waals surface area contributed by atoms with Gasteiger partial charge < -0.3 is 45.2 Å². The van der Waals surface area contributed by atoms with Crippen molar-refractivity contribution >= 4 is 75.3 Å². The van der Waals surface area contributed by atoms with E-state index < -0.39 is 41.2 Å². The minimum Gasteiger partial charge on any atom is -0.382 e. The number of halogens is 1. The molecule has 6 fully saturated rings. The van der Waals surface area contributed by atoms with Crippen LogP contribution in [-0.4, -0.2) is 150 Å². The molecule has 20 nitrogen and oxygen atoms in total. The number of amides is 7. The third kappa shape index (κ3) is 10.8. The fourth-order valence-corrected chi connectivity index (χ4v) is 15.6. The van der Waals surface area contributed by atoms with Gasteiger partial charge in [0.1, 0.15) is 17.4 Å². The molecule has 6 aliphatic heterocycles. The van der Waals surface area contributed by atoms with Crippen molar-refractivity contribution in [3.8, 4) is 11.3 Å². The molecule has 2 aromatic heterocycles. The average molecular weight is 1200 g/mol. The molecule has 2 unspecified atom stereocenters. The molecule has 21 heteroatoms. The normalized spacial score (nSPS) is 25.4. The number of hydrogen-bond donors (Lipinski definition) is 5. The number of nitrogens with zero attached hydrogens (tertiary/aromatic N) is 8. The number of hydrogen-bond acceptors (Lipinski definition) is 13. The van der Waals surface area contributed by atoms with Gasteiger partial charge in [-0.15, -0.1) is 0 Å². The van der Waals surface area contributed by atoms with Crippen molar-refractivity contribution in [1.82, 2.24) is 44.8 Å². The van der Waals surface area contributed by atoms with Crippen molar-refractivity contribution in [3.63, 3.8) is 0 Å². The first-order valence-electron chi connectivity index (χ1n) is 32.1. The van der Waals surface area contributed by atoms with E-state index in [2.05, 4.69) is 43.2 Å². The molecule has 5 N–H and O–H groups in total. The minimum atomic E-state index is -1.31. The summed E-state index contributed by atoms with van der Waals surface area (Å²) in [5, 5.41) is 23.2. The molecular weight excluding hydrogens is 1120 g/mol.